The van der Waals surface area contributed by atoms with Crippen LogP contribution in [0.25, 0.3) is 10.9 Å². The maximum atomic E-state index is 13.0. The molecule has 0 spiro atoms. The molecular weight excluding hydrogens is 367 g/mol. The molecule has 0 unspecified atom stereocenters. The molecule has 5 nitrogen and oxygen atoms in total. The minimum Gasteiger partial charge on any atom is -0.385 e. The third-order valence-corrected chi connectivity index (χ3v) is 4.76. The summed E-state index contributed by atoms with van der Waals surface area (Å²) in [6.07, 6.45) is 4.51. The molecule has 0 radical (unpaired) electrons. The van der Waals surface area contributed by atoms with Gasteiger partial charge in [-0.05, 0) is 47.9 Å². The lowest BCUT2D eigenvalue weighted by atomic mass is 10.1. The van der Waals surface area contributed by atoms with Crippen molar-refractivity contribution in [1.29, 1.82) is 0 Å². The van der Waals surface area contributed by atoms with Crippen molar-refractivity contribution in [3.05, 3.63) is 95.7 Å². The van der Waals surface area contributed by atoms with Gasteiger partial charge in [-0.2, -0.15) is 0 Å². The van der Waals surface area contributed by atoms with E-state index >= 15 is 0 Å². The zero-order chi connectivity index (χ0) is 20.1. The first-order valence-corrected chi connectivity index (χ1v) is 9.46. The quantitative estimate of drug-likeness (QED) is 0.442. The second-order valence-corrected chi connectivity index (χ2v) is 6.78. The Hall–Kier alpha value is -3.67. The lowest BCUT2D eigenvalue weighted by Crippen LogP contribution is -2.24. The Morgan fingerprint density at radius 1 is 1.07 bits per heavy atom. The summed E-state index contributed by atoms with van der Waals surface area (Å²) in [6.45, 7) is 1.06. The number of carbonyl (C=O) groups is 1. The van der Waals surface area contributed by atoms with Gasteiger partial charge >= 0.3 is 0 Å². The van der Waals surface area contributed by atoms with Crippen LogP contribution in [0.5, 0.6) is 0 Å². The van der Waals surface area contributed by atoms with Crippen LogP contribution in [0, 0.1) is 5.82 Å². The topological polar surface area (TPSA) is 69.8 Å². The number of H-pyrrole nitrogens is 1. The second kappa shape index (κ2) is 8.56. The highest BCUT2D eigenvalue weighted by Gasteiger charge is 2.08. The third-order valence-electron chi connectivity index (χ3n) is 4.76. The first-order chi connectivity index (χ1) is 14.2. The van der Waals surface area contributed by atoms with E-state index in [9.17, 15) is 9.18 Å². The molecule has 0 saturated carbocycles. The molecule has 2 aromatic carbocycles. The van der Waals surface area contributed by atoms with E-state index in [2.05, 4.69) is 32.7 Å². The molecular formula is C23H21FN4O. The van der Waals surface area contributed by atoms with Crippen molar-refractivity contribution >= 4 is 22.5 Å². The van der Waals surface area contributed by atoms with Crippen LogP contribution >= 0.6 is 0 Å². The molecule has 1 amide bonds. The Kier molecular flexibility index (Phi) is 5.52. The molecule has 29 heavy (non-hydrogen) atoms. The number of aromatic nitrogens is 2. The van der Waals surface area contributed by atoms with Gasteiger partial charge in [-0.3, -0.25) is 9.78 Å². The molecule has 4 rings (SSSR count). The average Bonchev–Trinajstić information content (AvgIpc) is 3.16. The lowest BCUT2D eigenvalue weighted by molar-refractivity contribution is 0.0946. The number of aromatic amines is 1. The lowest BCUT2D eigenvalue weighted by Gasteiger charge is -2.09. The monoisotopic (exact) mass is 388 g/mol. The van der Waals surface area contributed by atoms with Gasteiger partial charge in [-0.1, -0.05) is 30.3 Å². The number of pyridine rings is 1. The Labute approximate surface area is 168 Å². The Morgan fingerprint density at radius 2 is 1.90 bits per heavy atom. The van der Waals surface area contributed by atoms with Crippen LogP contribution in [0.1, 0.15) is 21.6 Å². The molecule has 0 aliphatic carbocycles. The molecule has 146 valence electrons. The molecule has 0 fully saturated rings. The van der Waals surface area contributed by atoms with Crippen molar-refractivity contribution in [2.45, 2.75) is 13.0 Å². The molecule has 2 aromatic heterocycles. The number of amides is 1. The van der Waals surface area contributed by atoms with Gasteiger partial charge < -0.3 is 15.6 Å². The number of carbonyl (C=O) groups excluding carboxylic acids is 1. The molecule has 0 atom stereocenters. The summed E-state index contributed by atoms with van der Waals surface area (Å²) in [6, 6.07) is 17.8. The number of fused-ring (bicyclic) bond motifs is 1. The molecule has 2 heterocycles. The Bertz CT molecular complexity index is 1120. The van der Waals surface area contributed by atoms with Crippen molar-refractivity contribution < 1.29 is 9.18 Å². The second-order valence-electron chi connectivity index (χ2n) is 6.78. The minimum atomic E-state index is -0.298. The van der Waals surface area contributed by atoms with Crippen molar-refractivity contribution in [3.8, 4) is 0 Å². The number of rotatable bonds is 7. The number of hydrogen-bond acceptors (Lipinski definition) is 3. The predicted octanol–water partition coefficient (Wildman–Crippen LogP) is 4.29. The highest BCUT2D eigenvalue weighted by molar-refractivity contribution is 5.93. The molecule has 6 heteroatoms. The van der Waals surface area contributed by atoms with E-state index in [1.807, 2.05) is 24.4 Å². The van der Waals surface area contributed by atoms with E-state index in [-0.39, 0.29) is 11.7 Å². The van der Waals surface area contributed by atoms with Crippen molar-refractivity contribution in [2.75, 3.05) is 11.9 Å². The molecule has 0 saturated heterocycles. The van der Waals surface area contributed by atoms with Crippen LogP contribution in [0.4, 0.5) is 10.1 Å². The first kappa shape index (κ1) is 18.7. The van der Waals surface area contributed by atoms with Gasteiger partial charge in [0.25, 0.3) is 5.91 Å². The maximum Gasteiger partial charge on any atom is 0.270 e. The summed E-state index contributed by atoms with van der Waals surface area (Å²) in [5.74, 6) is -0.567. The number of anilines is 1. The summed E-state index contributed by atoms with van der Waals surface area (Å²) >= 11 is 0. The Morgan fingerprint density at radius 3 is 2.76 bits per heavy atom. The smallest absolute Gasteiger partial charge is 0.270 e. The van der Waals surface area contributed by atoms with Gasteiger partial charge in [-0.15, -0.1) is 0 Å². The zero-order valence-corrected chi connectivity index (χ0v) is 15.8. The van der Waals surface area contributed by atoms with E-state index in [1.165, 1.54) is 23.1 Å². The maximum absolute atomic E-state index is 13.0. The Balaban J connectivity index is 1.33. The summed E-state index contributed by atoms with van der Waals surface area (Å²) in [7, 11) is 0. The number of nitrogens with one attached hydrogen (secondary N) is 3. The molecule has 3 N–H and O–H groups in total. The van der Waals surface area contributed by atoms with Gasteiger partial charge in [-0.25, -0.2) is 4.39 Å². The molecule has 0 aliphatic heterocycles. The van der Waals surface area contributed by atoms with Crippen LogP contribution in [0.3, 0.4) is 0 Å². The van der Waals surface area contributed by atoms with Gasteiger partial charge in [0.1, 0.15) is 11.5 Å². The highest BCUT2D eigenvalue weighted by atomic mass is 19.1. The van der Waals surface area contributed by atoms with Crippen LogP contribution in [0.2, 0.25) is 0 Å². The molecule has 4 aromatic rings. The van der Waals surface area contributed by atoms with Crippen molar-refractivity contribution in [2.24, 2.45) is 0 Å². The summed E-state index contributed by atoms with van der Waals surface area (Å²) in [4.78, 5) is 19.8. The standard InChI is InChI=1S/C23H21FN4O/c24-18-7-5-16(6-8-18)14-28-23(29)22-13-19(10-12-26-22)25-11-9-17-15-27-21-4-2-1-3-20(17)21/h1-8,10,12-13,15,27H,9,11,14H2,(H,25,26)(H,28,29). The van der Waals surface area contributed by atoms with Gasteiger partial charge in [0.05, 0.1) is 0 Å². The average molecular weight is 388 g/mol. The van der Waals surface area contributed by atoms with E-state index in [1.54, 1.807) is 24.4 Å². The fourth-order valence-electron chi connectivity index (χ4n) is 3.22. The fourth-order valence-corrected chi connectivity index (χ4v) is 3.22. The van der Waals surface area contributed by atoms with E-state index < -0.39 is 0 Å². The van der Waals surface area contributed by atoms with E-state index in [0.717, 1.165) is 29.7 Å². The number of hydrogen-bond donors (Lipinski definition) is 3. The first-order valence-electron chi connectivity index (χ1n) is 9.46. The number of benzene rings is 2. The molecule has 0 aliphatic rings. The van der Waals surface area contributed by atoms with Crippen molar-refractivity contribution in [1.82, 2.24) is 15.3 Å². The van der Waals surface area contributed by atoms with Crippen LogP contribution < -0.4 is 10.6 Å². The highest BCUT2D eigenvalue weighted by Crippen LogP contribution is 2.18. The van der Waals surface area contributed by atoms with Crippen LogP contribution in [-0.2, 0) is 13.0 Å². The third kappa shape index (κ3) is 4.60. The van der Waals surface area contributed by atoms with E-state index in [4.69, 9.17) is 0 Å². The van der Waals surface area contributed by atoms with Gasteiger partial charge in [0, 0.05) is 42.1 Å². The number of halogens is 1. The van der Waals surface area contributed by atoms with Gasteiger partial charge in [0.15, 0.2) is 0 Å². The SMILES string of the molecule is O=C(NCc1ccc(F)cc1)c1cc(NCCc2c[nH]c3ccccc23)ccn1. The van der Waals surface area contributed by atoms with Crippen LogP contribution in [0.15, 0.2) is 73.1 Å². The van der Waals surface area contributed by atoms with Crippen molar-refractivity contribution in [3.63, 3.8) is 0 Å². The number of para-hydroxylation sites is 1. The number of nitrogens with zero attached hydrogens (tertiary/aromatic N) is 1. The summed E-state index contributed by atoms with van der Waals surface area (Å²) in [5, 5.41) is 7.38. The zero-order valence-electron chi connectivity index (χ0n) is 15.8. The minimum absolute atomic E-state index is 0.269. The fraction of sp³-hybridized carbons (Fsp3) is 0.130. The van der Waals surface area contributed by atoms with Crippen LogP contribution in [-0.4, -0.2) is 22.4 Å². The normalized spacial score (nSPS) is 10.8. The predicted molar refractivity (Wildman–Crippen MR) is 112 cm³/mol. The summed E-state index contributed by atoms with van der Waals surface area (Å²) < 4.78 is 13.0. The largest absolute Gasteiger partial charge is 0.385 e. The van der Waals surface area contributed by atoms with E-state index in [0.29, 0.717) is 12.2 Å². The molecule has 0 bridgehead atoms. The summed E-state index contributed by atoms with van der Waals surface area (Å²) in [5.41, 5.74) is 4.38. The van der Waals surface area contributed by atoms with Gasteiger partial charge in [0.2, 0.25) is 0 Å².